The van der Waals surface area contributed by atoms with Gasteiger partial charge in [0, 0.05) is 17.7 Å². The summed E-state index contributed by atoms with van der Waals surface area (Å²) in [5, 5.41) is 12.2. The number of benzene rings is 1. The van der Waals surface area contributed by atoms with Gasteiger partial charge in [-0.2, -0.15) is 5.26 Å². The summed E-state index contributed by atoms with van der Waals surface area (Å²) in [6, 6.07) is 14.5. The Morgan fingerprint density at radius 1 is 1.26 bits per heavy atom. The molecule has 0 radical (unpaired) electrons. The van der Waals surface area contributed by atoms with Gasteiger partial charge in [0.05, 0.1) is 0 Å². The van der Waals surface area contributed by atoms with E-state index in [9.17, 15) is 0 Å². The Bertz CT molecular complexity index is 630. The maximum atomic E-state index is 8.90. The predicted molar refractivity (Wildman–Crippen MR) is 72.7 cm³/mol. The van der Waals surface area contributed by atoms with Crippen molar-refractivity contribution in [2.75, 3.05) is 5.32 Å². The summed E-state index contributed by atoms with van der Waals surface area (Å²) < 4.78 is 0. The average molecular weight is 250 g/mol. The van der Waals surface area contributed by atoms with E-state index in [1.54, 1.807) is 6.07 Å². The number of nitrogens with one attached hydrogen (secondary N) is 1. The van der Waals surface area contributed by atoms with Gasteiger partial charge in [0.25, 0.3) is 0 Å². The van der Waals surface area contributed by atoms with Gasteiger partial charge in [-0.1, -0.05) is 30.3 Å². The number of rotatable bonds is 3. The van der Waals surface area contributed by atoms with Crippen molar-refractivity contribution >= 4 is 5.95 Å². The Hall–Kier alpha value is -2.41. The predicted octanol–water partition coefficient (Wildman–Crippen LogP) is 2.62. The molecule has 0 spiro atoms. The molecule has 1 aromatic carbocycles. The van der Waals surface area contributed by atoms with Crippen LogP contribution < -0.4 is 5.32 Å². The van der Waals surface area contributed by atoms with E-state index in [1.807, 2.05) is 13.0 Å². The molecule has 1 aliphatic rings. The van der Waals surface area contributed by atoms with Crippen LogP contribution in [0.25, 0.3) is 0 Å². The zero-order valence-electron chi connectivity index (χ0n) is 10.7. The van der Waals surface area contributed by atoms with Crippen LogP contribution in [0, 0.1) is 18.3 Å². The minimum Gasteiger partial charge on any atom is -0.351 e. The molecule has 2 unspecified atom stereocenters. The second kappa shape index (κ2) is 4.69. The van der Waals surface area contributed by atoms with Gasteiger partial charge >= 0.3 is 0 Å². The van der Waals surface area contributed by atoms with Crippen LogP contribution in [0.1, 0.15) is 29.3 Å². The molecule has 1 N–H and O–H groups in total. The number of nitrogens with zero attached hydrogens (tertiary/aromatic N) is 3. The molecule has 1 fully saturated rings. The Morgan fingerprint density at radius 3 is 2.79 bits per heavy atom. The molecule has 1 heterocycles. The lowest BCUT2D eigenvalue weighted by molar-refractivity contribution is 0.984. The highest BCUT2D eigenvalue weighted by atomic mass is 15.1. The molecule has 2 atom stereocenters. The minimum atomic E-state index is 0.371. The molecule has 0 saturated heterocycles. The first-order chi connectivity index (χ1) is 9.26. The Kier molecular flexibility index (Phi) is 2.88. The zero-order chi connectivity index (χ0) is 13.2. The van der Waals surface area contributed by atoms with Crippen LogP contribution in [0.2, 0.25) is 0 Å². The van der Waals surface area contributed by atoms with Crippen LogP contribution in [-0.4, -0.2) is 16.0 Å². The van der Waals surface area contributed by atoms with E-state index in [1.165, 1.54) is 5.56 Å². The molecule has 0 bridgehead atoms. The SMILES string of the molecule is Cc1cc(C#N)nc(NC2CC2c2ccccc2)n1. The molecule has 0 aliphatic heterocycles. The largest absolute Gasteiger partial charge is 0.351 e. The fraction of sp³-hybridized carbons (Fsp3) is 0.267. The highest BCUT2D eigenvalue weighted by Gasteiger charge is 2.38. The maximum Gasteiger partial charge on any atom is 0.224 e. The smallest absolute Gasteiger partial charge is 0.224 e. The normalized spacial score (nSPS) is 20.6. The van der Waals surface area contributed by atoms with Crippen molar-refractivity contribution in [1.82, 2.24) is 9.97 Å². The van der Waals surface area contributed by atoms with Crippen molar-refractivity contribution < 1.29 is 0 Å². The second-order valence-electron chi connectivity index (χ2n) is 4.83. The molecule has 94 valence electrons. The lowest BCUT2D eigenvalue weighted by Crippen LogP contribution is -2.09. The van der Waals surface area contributed by atoms with Gasteiger partial charge in [0.1, 0.15) is 11.8 Å². The van der Waals surface area contributed by atoms with Gasteiger partial charge in [-0.05, 0) is 25.0 Å². The summed E-state index contributed by atoms with van der Waals surface area (Å²) >= 11 is 0. The number of aryl methyl sites for hydroxylation is 1. The molecule has 2 aromatic rings. The molecule has 19 heavy (non-hydrogen) atoms. The van der Waals surface area contributed by atoms with Crippen LogP contribution in [-0.2, 0) is 0 Å². The fourth-order valence-corrected chi connectivity index (χ4v) is 2.28. The molecule has 4 heteroatoms. The lowest BCUT2D eigenvalue weighted by Gasteiger charge is -2.05. The van der Waals surface area contributed by atoms with Gasteiger partial charge in [-0.25, -0.2) is 9.97 Å². The second-order valence-corrected chi connectivity index (χ2v) is 4.83. The van der Waals surface area contributed by atoms with E-state index in [-0.39, 0.29) is 0 Å². The van der Waals surface area contributed by atoms with E-state index >= 15 is 0 Å². The van der Waals surface area contributed by atoms with Gasteiger partial charge < -0.3 is 5.32 Å². The summed E-state index contributed by atoms with van der Waals surface area (Å²) in [7, 11) is 0. The highest BCUT2D eigenvalue weighted by molar-refractivity contribution is 5.39. The Morgan fingerprint density at radius 2 is 2.05 bits per heavy atom. The molecular weight excluding hydrogens is 236 g/mol. The van der Waals surface area contributed by atoms with Gasteiger partial charge in [0.15, 0.2) is 0 Å². The number of hydrogen-bond acceptors (Lipinski definition) is 4. The average Bonchev–Trinajstić information content (AvgIpc) is 3.18. The zero-order valence-corrected chi connectivity index (χ0v) is 10.7. The molecular formula is C15H14N4. The van der Waals surface area contributed by atoms with Crippen LogP contribution in [0.5, 0.6) is 0 Å². The van der Waals surface area contributed by atoms with Crippen molar-refractivity contribution in [2.45, 2.75) is 25.3 Å². The number of nitriles is 1. The lowest BCUT2D eigenvalue weighted by atomic mass is 10.1. The quantitative estimate of drug-likeness (QED) is 0.909. The minimum absolute atomic E-state index is 0.371. The first-order valence-corrected chi connectivity index (χ1v) is 6.33. The first-order valence-electron chi connectivity index (χ1n) is 6.33. The summed E-state index contributed by atoms with van der Waals surface area (Å²) in [5.41, 5.74) is 2.56. The molecule has 4 nitrogen and oxygen atoms in total. The van der Waals surface area contributed by atoms with Crippen LogP contribution in [0.4, 0.5) is 5.95 Å². The van der Waals surface area contributed by atoms with Gasteiger partial charge in [-0.3, -0.25) is 0 Å². The topological polar surface area (TPSA) is 61.6 Å². The first kappa shape index (κ1) is 11.7. The third-order valence-corrected chi connectivity index (χ3v) is 3.30. The highest BCUT2D eigenvalue weighted by Crippen LogP contribution is 2.42. The number of anilines is 1. The molecule has 1 saturated carbocycles. The molecule has 0 amide bonds. The van der Waals surface area contributed by atoms with Crippen molar-refractivity contribution in [3.05, 3.63) is 53.3 Å². The van der Waals surface area contributed by atoms with Crippen LogP contribution in [0.15, 0.2) is 36.4 Å². The van der Waals surface area contributed by atoms with Crippen molar-refractivity contribution in [1.29, 1.82) is 5.26 Å². The summed E-state index contributed by atoms with van der Waals surface area (Å²) in [6.45, 7) is 1.87. The number of aromatic nitrogens is 2. The van der Waals surface area contributed by atoms with E-state index in [4.69, 9.17) is 5.26 Å². The van der Waals surface area contributed by atoms with Crippen molar-refractivity contribution in [2.24, 2.45) is 0 Å². The number of hydrogen-bond donors (Lipinski definition) is 1. The fourth-order valence-electron chi connectivity index (χ4n) is 2.28. The van der Waals surface area contributed by atoms with E-state index in [0.717, 1.165) is 12.1 Å². The molecule has 3 rings (SSSR count). The third-order valence-electron chi connectivity index (χ3n) is 3.30. The third kappa shape index (κ3) is 2.55. The van der Waals surface area contributed by atoms with Crippen molar-refractivity contribution in [3.63, 3.8) is 0 Å². The molecule has 1 aliphatic carbocycles. The van der Waals surface area contributed by atoms with Crippen LogP contribution >= 0.6 is 0 Å². The van der Waals surface area contributed by atoms with E-state index in [2.05, 4.69) is 45.6 Å². The maximum absolute atomic E-state index is 8.90. The summed E-state index contributed by atoms with van der Waals surface area (Å²) in [5.74, 6) is 1.08. The van der Waals surface area contributed by atoms with E-state index in [0.29, 0.717) is 23.6 Å². The Labute approximate surface area is 112 Å². The summed E-state index contributed by atoms with van der Waals surface area (Å²) in [6.07, 6.45) is 1.09. The summed E-state index contributed by atoms with van der Waals surface area (Å²) in [4.78, 5) is 8.49. The van der Waals surface area contributed by atoms with Crippen molar-refractivity contribution in [3.8, 4) is 6.07 Å². The standard InChI is InChI=1S/C15H14N4/c1-10-7-12(9-16)18-15(17-10)19-14-8-13(14)11-5-3-2-4-6-11/h2-7,13-14H,8H2,1H3,(H,17,18,19). The van der Waals surface area contributed by atoms with Gasteiger partial charge in [-0.15, -0.1) is 0 Å². The monoisotopic (exact) mass is 250 g/mol. The molecule has 1 aromatic heterocycles. The van der Waals surface area contributed by atoms with Gasteiger partial charge in [0.2, 0.25) is 5.95 Å². The van der Waals surface area contributed by atoms with Crippen LogP contribution in [0.3, 0.4) is 0 Å². The van der Waals surface area contributed by atoms with E-state index < -0.39 is 0 Å². The Balaban J connectivity index is 1.71.